The topological polar surface area (TPSA) is 75.4 Å². The van der Waals surface area contributed by atoms with Gasteiger partial charge in [0.1, 0.15) is 0 Å². The van der Waals surface area contributed by atoms with E-state index in [9.17, 15) is 4.79 Å². The molecule has 2 aromatic rings. The van der Waals surface area contributed by atoms with E-state index in [0.717, 1.165) is 6.54 Å². The van der Waals surface area contributed by atoms with E-state index < -0.39 is 5.24 Å². The molecule has 32 heavy (non-hydrogen) atoms. The Labute approximate surface area is 206 Å². The van der Waals surface area contributed by atoms with Gasteiger partial charge in [0.05, 0.1) is 0 Å². The summed E-state index contributed by atoms with van der Waals surface area (Å²) in [6.45, 7) is 3.11. The average Bonchev–Trinajstić information content (AvgIpc) is 2.77. The number of carbonyl (C=O) groups is 2. The highest BCUT2D eigenvalue weighted by atomic mass is 32.1. The van der Waals surface area contributed by atoms with Crippen molar-refractivity contribution >= 4 is 35.7 Å². The summed E-state index contributed by atoms with van der Waals surface area (Å²) >= 11 is 6.45. The fourth-order valence-electron chi connectivity index (χ4n) is 2.54. The van der Waals surface area contributed by atoms with Crippen LogP contribution in [0.25, 0.3) is 0 Å². The summed E-state index contributed by atoms with van der Waals surface area (Å²) in [5, 5.41) is 1.31. The lowest BCUT2D eigenvalue weighted by Gasteiger charge is -2.08. The van der Waals surface area contributed by atoms with Gasteiger partial charge in [-0.15, -0.1) is 0 Å². The smallest absolute Gasteiger partial charge is 0.275 e. The zero-order chi connectivity index (χ0) is 24.6. The number of aryl methyl sites for hydroxylation is 1. The van der Waals surface area contributed by atoms with E-state index in [1.807, 2.05) is 24.3 Å². The molecule has 0 spiro atoms. The molecule has 2 amide bonds. The number of nitrogens with one attached hydrogen (secondary N) is 1. The third-order valence-electron chi connectivity index (χ3n) is 4.00. The third kappa shape index (κ3) is 30.2. The van der Waals surface area contributed by atoms with Crippen LogP contribution in [0.3, 0.4) is 0 Å². The predicted molar refractivity (Wildman–Crippen MR) is 145 cm³/mol. The number of amides is 2. The molecule has 1 aliphatic rings. The normalized spacial score (nSPS) is 11.5. The molecule has 3 N–H and O–H groups in total. The van der Waals surface area contributed by atoms with E-state index in [1.165, 1.54) is 56.7 Å². The van der Waals surface area contributed by atoms with Crippen LogP contribution in [0, 0.1) is 6.92 Å². The molecule has 0 atom stereocenters. The average molecular weight is 480 g/mol. The van der Waals surface area contributed by atoms with Crippen LogP contribution in [0.4, 0.5) is 9.59 Å². The van der Waals surface area contributed by atoms with Crippen molar-refractivity contribution in [2.75, 3.05) is 21.1 Å². The molecular formula is C25H41N3O2S2. The summed E-state index contributed by atoms with van der Waals surface area (Å²) in [7, 11) is 5.68. The molecule has 2 aromatic carbocycles. The van der Waals surface area contributed by atoms with Crippen molar-refractivity contribution in [1.82, 2.24) is 10.2 Å². The van der Waals surface area contributed by atoms with Gasteiger partial charge in [0.2, 0.25) is 0 Å². The summed E-state index contributed by atoms with van der Waals surface area (Å²) < 4.78 is 0. The summed E-state index contributed by atoms with van der Waals surface area (Å²) in [6, 6.07) is 20.7. The molecule has 0 radical (unpaired) electrons. The van der Waals surface area contributed by atoms with Crippen molar-refractivity contribution in [2.45, 2.75) is 52.0 Å². The first-order valence-electron chi connectivity index (χ1n) is 10.8. The van der Waals surface area contributed by atoms with Crippen LogP contribution in [0.5, 0.6) is 0 Å². The highest BCUT2D eigenvalue weighted by Gasteiger charge is 1.95. The van der Waals surface area contributed by atoms with Crippen LogP contribution >= 0.6 is 25.3 Å². The van der Waals surface area contributed by atoms with Crippen LogP contribution in [0.2, 0.25) is 0 Å². The fourth-order valence-corrected chi connectivity index (χ4v) is 2.54. The van der Waals surface area contributed by atoms with E-state index in [0.29, 0.717) is 0 Å². The van der Waals surface area contributed by atoms with Gasteiger partial charge in [-0.3, -0.25) is 9.59 Å². The number of benzene rings is 2. The lowest BCUT2D eigenvalue weighted by molar-refractivity contribution is 0.262. The van der Waals surface area contributed by atoms with Gasteiger partial charge in [-0.25, -0.2) is 0 Å². The first-order chi connectivity index (χ1) is 15.2. The quantitative estimate of drug-likeness (QED) is 0.380. The summed E-state index contributed by atoms with van der Waals surface area (Å²) in [4.78, 5) is 20.8. The van der Waals surface area contributed by atoms with Crippen molar-refractivity contribution in [3.63, 3.8) is 0 Å². The molecule has 3 rings (SSSR count). The number of carbonyl (C=O) groups excluding carboxylic acids is 2. The van der Waals surface area contributed by atoms with Gasteiger partial charge in [0.25, 0.3) is 10.5 Å². The molecular weight excluding hydrogens is 438 g/mol. The second-order valence-corrected chi connectivity index (χ2v) is 8.24. The van der Waals surface area contributed by atoms with Crippen molar-refractivity contribution in [3.8, 4) is 0 Å². The molecule has 0 saturated heterocycles. The Hall–Kier alpha value is -1.96. The largest absolute Gasteiger partial charge is 0.361 e. The lowest BCUT2D eigenvalue weighted by Crippen LogP contribution is -2.10. The Morgan fingerprint density at radius 1 is 0.844 bits per heavy atom. The molecule has 1 aliphatic carbocycles. The Balaban J connectivity index is 0. The van der Waals surface area contributed by atoms with Crippen molar-refractivity contribution in [3.05, 3.63) is 71.8 Å². The maximum Gasteiger partial charge on any atom is 0.275 e. The van der Waals surface area contributed by atoms with Crippen molar-refractivity contribution in [2.24, 2.45) is 5.73 Å². The van der Waals surface area contributed by atoms with Gasteiger partial charge in [0, 0.05) is 13.6 Å². The molecule has 0 aliphatic heterocycles. The minimum absolute atomic E-state index is 0.301. The maximum atomic E-state index is 9.57. The second kappa shape index (κ2) is 23.7. The third-order valence-corrected chi connectivity index (χ3v) is 4.22. The molecule has 0 bridgehead atoms. The number of nitrogens with zero attached hydrogens (tertiary/aromatic N) is 1. The Kier molecular flexibility index (Phi) is 23.9. The van der Waals surface area contributed by atoms with Crippen LogP contribution < -0.4 is 11.1 Å². The first kappa shape index (κ1) is 32.2. The number of rotatable bonds is 2. The summed E-state index contributed by atoms with van der Waals surface area (Å²) in [6.07, 6.45) is 9.00. The molecule has 5 nitrogen and oxygen atoms in total. The summed E-state index contributed by atoms with van der Waals surface area (Å²) in [5.41, 5.74) is 7.03. The van der Waals surface area contributed by atoms with Gasteiger partial charge in [0.15, 0.2) is 0 Å². The minimum atomic E-state index is -0.639. The maximum absolute atomic E-state index is 9.57. The van der Waals surface area contributed by atoms with Gasteiger partial charge >= 0.3 is 0 Å². The molecule has 7 heteroatoms. The minimum Gasteiger partial charge on any atom is -0.361 e. The predicted octanol–water partition coefficient (Wildman–Crippen LogP) is 6.33. The Morgan fingerprint density at radius 3 is 1.38 bits per heavy atom. The highest BCUT2D eigenvalue weighted by Crippen LogP contribution is 2.15. The first-order valence-corrected chi connectivity index (χ1v) is 11.7. The van der Waals surface area contributed by atoms with E-state index in [4.69, 9.17) is 4.79 Å². The molecule has 1 fully saturated rings. The van der Waals surface area contributed by atoms with Gasteiger partial charge in [-0.05, 0) is 26.6 Å². The number of hydrogen-bond donors (Lipinski definition) is 4. The molecule has 1 saturated carbocycles. The van der Waals surface area contributed by atoms with Crippen molar-refractivity contribution < 1.29 is 9.59 Å². The monoisotopic (exact) mass is 479 g/mol. The number of nitrogens with two attached hydrogens (primary N) is 1. The van der Waals surface area contributed by atoms with Crippen LogP contribution in [0.1, 0.15) is 49.7 Å². The van der Waals surface area contributed by atoms with Crippen molar-refractivity contribution in [1.29, 1.82) is 0 Å². The second-order valence-electron chi connectivity index (χ2n) is 7.39. The van der Waals surface area contributed by atoms with E-state index in [-0.39, 0.29) is 5.24 Å². The van der Waals surface area contributed by atoms with E-state index in [2.05, 4.69) is 98.6 Å². The summed E-state index contributed by atoms with van der Waals surface area (Å²) in [5.74, 6) is 0. The zero-order valence-electron chi connectivity index (χ0n) is 20.0. The molecule has 0 aromatic heterocycles. The number of thiol groups is 2. The fraction of sp³-hybridized carbons (Fsp3) is 0.440. The van der Waals surface area contributed by atoms with Gasteiger partial charge in [-0.1, -0.05) is 130 Å². The van der Waals surface area contributed by atoms with E-state index in [1.54, 1.807) is 0 Å². The molecule has 0 unspecified atom stereocenters. The van der Waals surface area contributed by atoms with Crippen LogP contribution in [-0.4, -0.2) is 36.5 Å². The van der Waals surface area contributed by atoms with E-state index >= 15 is 0 Å². The Bertz CT molecular complexity index is 665. The molecule has 0 heterocycles. The number of hydrogen-bond acceptors (Lipinski definition) is 3. The van der Waals surface area contributed by atoms with Crippen LogP contribution in [-0.2, 0) is 6.54 Å². The zero-order valence-corrected chi connectivity index (χ0v) is 21.7. The lowest BCUT2D eigenvalue weighted by atomic mass is 10.0. The standard InChI is InChI=1S/C9H13N.C7H8.C6H12.C2H5NOS.CH3NOS/c1-10(2)8-9-6-4-3-5-7-9;1-7-5-3-2-4-6-7;1-2-4-6-5-3-1;1-3-2(4)5;2-1(3)4/h3-7H,8H2,1-2H3;2-6H,1H3;1-6H2;1H3,(H2,3,4,5);(H3,2,3,4). The van der Waals surface area contributed by atoms with Gasteiger partial charge < -0.3 is 16.0 Å². The Morgan fingerprint density at radius 2 is 1.16 bits per heavy atom. The molecule has 180 valence electrons. The SMILES string of the molecule is C1CCCCC1.CN(C)Cc1ccccc1.CNC(=O)S.Cc1ccccc1.NC(=O)S. The number of primary amides is 1. The highest BCUT2D eigenvalue weighted by molar-refractivity contribution is 7.96. The van der Waals surface area contributed by atoms with Crippen LogP contribution in [0.15, 0.2) is 60.7 Å². The van der Waals surface area contributed by atoms with Gasteiger partial charge in [-0.2, -0.15) is 0 Å².